The van der Waals surface area contributed by atoms with Crippen LogP contribution in [0.3, 0.4) is 0 Å². The first-order valence-corrected chi connectivity index (χ1v) is 5.54. The van der Waals surface area contributed by atoms with Gasteiger partial charge in [0.15, 0.2) is 5.82 Å². The molecule has 1 aromatic carbocycles. The van der Waals surface area contributed by atoms with Gasteiger partial charge in [-0.15, -0.1) is 5.10 Å². The number of aromatic nitrogens is 4. The van der Waals surface area contributed by atoms with Crippen LogP contribution in [0.5, 0.6) is 0 Å². The number of carbonyl (C=O) groups excluding carboxylic acids is 1. The van der Waals surface area contributed by atoms with E-state index < -0.39 is 0 Å². The molecule has 0 radical (unpaired) electrons. The van der Waals surface area contributed by atoms with Gasteiger partial charge < -0.3 is 0 Å². The summed E-state index contributed by atoms with van der Waals surface area (Å²) < 4.78 is 1.60. The molecule has 1 aromatic heterocycles. The molecule has 0 atom stereocenters. The van der Waals surface area contributed by atoms with Gasteiger partial charge in [-0.2, -0.15) is 4.68 Å². The summed E-state index contributed by atoms with van der Waals surface area (Å²) in [6, 6.07) is 9.54. The molecule has 0 saturated carbocycles. The Morgan fingerprint density at radius 3 is 2.65 bits per heavy atom. The quantitative estimate of drug-likeness (QED) is 0.797. The van der Waals surface area contributed by atoms with E-state index in [-0.39, 0.29) is 18.1 Å². The smallest absolute Gasteiger partial charge is 0.164 e. The van der Waals surface area contributed by atoms with E-state index in [1.165, 1.54) is 0 Å². The number of nitrogens with zero attached hydrogens (tertiary/aromatic N) is 4. The fourth-order valence-corrected chi connectivity index (χ4v) is 1.45. The highest BCUT2D eigenvalue weighted by atomic mass is 16.1. The summed E-state index contributed by atoms with van der Waals surface area (Å²) >= 11 is 0. The molecule has 0 fully saturated rings. The SMILES string of the molecule is CC(C)C(=O)Cc1nnnn1-c1ccccc1. The second-order valence-electron chi connectivity index (χ2n) is 4.14. The fraction of sp³-hybridized carbons (Fsp3) is 0.333. The van der Waals surface area contributed by atoms with Crippen LogP contribution < -0.4 is 0 Å². The highest BCUT2D eigenvalue weighted by Gasteiger charge is 2.14. The summed E-state index contributed by atoms with van der Waals surface area (Å²) in [5.41, 5.74) is 0.865. The monoisotopic (exact) mass is 230 g/mol. The van der Waals surface area contributed by atoms with E-state index in [0.717, 1.165) is 5.69 Å². The van der Waals surface area contributed by atoms with Gasteiger partial charge >= 0.3 is 0 Å². The van der Waals surface area contributed by atoms with Crippen LogP contribution in [-0.2, 0) is 11.2 Å². The summed E-state index contributed by atoms with van der Waals surface area (Å²) in [7, 11) is 0. The standard InChI is InChI=1S/C12H14N4O/c1-9(2)11(17)8-12-13-14-15-16(12)10-6-4-3-5-7-10/h3-7,9H,8H2,1-2H3. The number of Topliss-reactive ketones (excluding diaryl/α,β-unsaturated/α-hetero) is 1. The van der Waals surface area contributed by atoms with Crippen molar-refractivity contribution in [3.05, 3.63) is 36.2 Å². The molecule has 0 aliphatic heterocycles. The molecule has 0 amide bonds. The van der Waals surface area contributed by atoms with E-state index in [9.17, 15) is 4.79 Å². The van der Waals surface area contributed by atoms with Crippen molar-refractivity contribution in [3.63, 3.8) is 0 Å². The van der Waals surface area contributed by atoms with E-state index in [1.54, 1.807) is 4.68 Å². The minimum atomic E-state index is -0.00377. The van der Waals surface area contributed by atoms with Gasteiger partial charge in [-0.25, -0.2) is 0 Å². The van der Waals surface area contributed by atoms with Crippen LogP contribution in [0.2, 0.25) is 0 Å². The summed E-state index contributed by atoms with van der Waals surface area (Å²) in [6.07, 6.45) is 0.263. The Hall–Kier alpha value is -2.04. The predicted octanol–water partition coefficient (Wildman–Crippen LogP) is 1.43. The van der Waals surface area contributed by atoms with Crippen molar-refractivity contribution in [3.8, 4) is 5.69 Å². The fourth-order valence-electron chi connectivity index (χ4n) is 1.45. The Kier molecular flexibility index (Phi) is 3.27. The number of ketones is 1. The van der Waals surface area contributed by atoms with Crippen LogP contribution in [0.4, 0.5) is 0 Å². The molecule has 2 rings (SSSR count). The van der Waals surface area contributed by atoms with E-state index in [2.05, 4.69) is 15.5 Å². The molecular weight excluding hydrogens is 216 g/mol. The summed E-state index contributed by atoms with van der Waals surface area (Å²) in [6.45, 7) is 3.75. The molecule has 0 aliphatic carbocycles. The molecule has 0 bridgehead atoms. The minimum absolute atomic E-state index is 0.00377. The minimum Gasteiger partial charge on any atom is -0.299 e. The van der Waals surface area contributed by atoms with Gasteiger partial charge in [-0.3, -0.25) is 4.79 Å². The maximum absolute atomic E-state index is 11.7. The molecular formula is C12H14N4O. The van der Waals surface area contributed by atoms with E-state index in [0.29, 0.717) is 5.82 Å². The topological polar surface area (TPSA) is 60.7 Å². The van der Waals surface area contributed by atoms with Crippen molar-refractivity contribution in [2.75, 3.05) is 0 Å². The van der Waals surface area contributed by atoms with Crippen molar-refractivity contribution < 1.29 is 4.79 Å². The van der Waals surface area contributed by atoms with Crippen molar-refractivity contribution in [1.82, 2.24) is 20.2 Å². The van der Waals surface area contributed by atoms with Crippen molar-refractivity contribution in [1.29, 1.82) is 0 Å². The number of hydrogen-bond acceptors (Lipinski definition) is 4. The highest BCUT2D eigenvalue weighted by molar-refractivity contribution is 5.81. The zero-order chi connectivity index (χ0) is 12.3. The number of para-hydroxylation sites is 1. The zero-order valence-corrected chi connectivity index (χ0v) is 9.87. The van der Waals surface area contributed by atoms with E-state index >= 15 is 0 Å². The molecule has 1 heterocycles. The molecule has 0 spiro atoms. The van der Waals surface area contributed by atoms with Crippen molar-refractivity contribution in [2.45, 2.75) is 20.3 Å². The van der Waals surface area contributed by atoms with Crippen LogP contribution in [0, 0.1) is 5.92 Å². The maximum atomic E-state index is 11.7. The number of rotatable bonds is 4. The Bertz CT molecular complexity index is 504. The van der Waals surface area contributed by atoms with Crippen LogP contribution >= 0.6 is 0 Å². The maximum Gasteiger partial charge on any atom is 0.164 e. The summed E-state index contributed by atoms with van der Waals surface area (Å²) in [5.74, 6) is 0.711. The van der Waals surface area contributed by atoms with E-state index in [4.69, 9.17) is 0 Å². The van der Waals surface area contributed by atoms with Crippen LogP contribution in [-0.4, -0.2) is 26.0 Å². The highest BCUT2D eigenvalue weighted by Crippen LogP contribution is 2.09. The zero-order valence-electron chi connectivity index (χ0n) is 9.87. The molecule has 5 nitrogen and oxygen atoms in total. The predicted molar refractivity (Wildman–Crippen MR) is 62.7 cm³/mol. The summed E-state index contributed by atoms with van der Waals surface area (Å²) in [5, 5.41) is 11.4. The number of carbonyl (C=O) groups is 1. The van der Waals surface area contributed by atoms with Crippen LogP contribution in [0.1, 0.15) is 19.7 Å². The molecule has 0 saturated heterocycles. The van der Waals surface area contributed by atoms with E-state index in [1.807, 2.05) is 44.2 Å². The third-order valence-electron chi connectivity index (χ3n) is 2.51. The molecule has 2 aromatic rings. The largest absolute Gasteiger partial charge is 0.299 e. The lowest BCUT2D eigenvalue weighted by atomic mass is 10.1. The molecule has 5 heteroatoms. The van der Waals surface area contributed by atoms with Gasteiger partial charge in [0, 0.05) is 5.92 Å². The van der Waals surface area contributed by atoms with Gasteiger partial charge in [-0.1, -0.05) is 32.0 Å². The number of benzene rings is 1. The molecule has 88 valence electrons. The molecule has 0 unspecified atom stereocenters. The van der Waals surface area contributed by atoms with Crippen molar-refractivity contribution in [2.24, 2.45) is 5.92 Å². The molecule has 0 N–H and O–H groups in total. The van der Waals surface area contributed by atoms with Gasteiger partial charge in [0.2, 0.25) is 0 Å². The van der Waals surface area contributed by atoms with Gasteiger partial charge in [0.1, 0.15) is 5.78 Å². The number of hydrogen-bond donors (Lipinski definition) is 0. The normalized spacial score (nSPS) is 10.8. The third kappa shape index (κ3) is 2.55. The first-order valence-electron chi connectivity index (χ1n) is 5.54. The first-order chi connectivity index (χ1) is 8.18. The third-order valence-corrected chi connectivity index (χ3v) is 2.51. The van der Waals surface area contributed by atoms with Gasteiger partial charge in [0.25, 0.3) is 0 Å². The Balaban J connectivity index is 2.27. The van der Waals surface area contributed by atoms with Crippen LogP contribution in [0.25, 0.3) is 5.69 Å². The lowest BCUT2D eigenvalue weighted by Crippen LogP contribution is -2.14. The average Bonchev–Trinajstić information content (AvgIpc) is 2.78. The van der Waals surface area contributed by atoms with Gasteiger partial charge in [-0.05, 0) is 22.6 Å². The second-order valence-corrected chi connectivity index (χ2v) is 4.14. The summed E-state index contributed by atoms with van der Waals surface area (Å²) in [4.78, 5) is 11.7. The molecule has 17 heavy (non-hydrogen) atoms. The molecule has 0 aliphatic rings. The van der Waals surface area contributed by atoms with Gasteiger partial charge in [0.05, 0.1) is 12.1 Å². The second kappa shape index (κ2) is 4.86. The lowest BCUT2D eigenvalue weighted by Gasteiger charge is -2.05. The average molecular weight is 230 g/mol. The first kappa shape index (κ1) is 11.4. The lowest BCUT2D eigenvalue weighted by molar-refractivity contribution is -0.121. The Morgan fingerprint density at radius 2 is 2.00 bits per heavy atom. The Labute approximate surface area is 99.5 Å². The van der Waals surface area contributed by atoms with Crippen molar-refractivity contribution >= 4 is 5.78 Å². The Morgan fingerprint density at radius 1 is 1.29 bits per heavy atom. The van der Waals surface area contributed by atoms with Crippen LogP contribution in [0.15, 0.2) is 30.3 Å². The number of tetrazole rings is 1.